The molecule has 114 valence electrons. The zero-order valence-electron chi connectivity index (χ0n) is 13.4. The first kappa shape index (κ1) is 15.6. The summed E-state index contributed by atoms with van der Waals surface area (Å²) >= 11 is 0. The predicted octanol–water partition coefficient (Wildman–Crippen LogP) is 3.08. The van der Waals surface area contributed by atoms with Gasteiger partial charge in [-0.25, -0.2) is 0 Å². The molecule has 1 aromatic carbocycles. The van der Waals surface area contributed by atoms with Crippen molar-refractivity contribution >= 4 is 0 Å². The topological polar surface area (TPSA) is 39.1 Å². The van der Waals surface area contributed by atoms with Crippen molar-refractivity contribution in [1.29, 1.82) is 0 Å². The third-order valence-electron chi connectivity index (χ3n) is 3.52. The van der Waals surface area contributed by atoms with Crippen LogP contribution in [0.2, 0.25) is 0 Å². The van der Waals surface area contributed by atoms with E-state index in [2.05, 4.69) is 42.6 Å². The zero-order valence-corrected chi connectivity index (χ0v) is 13.4. The molecule has 2 aromatic rings. The fourth-order valence-corrected chi connectivity index (χ4v) is 2.60. The van der Waals surface area contributed by atoms with Gasteiger partial charge in [0.1, 0.15) is 5.75 Å². The molecule has 0 radical (unpaired) electrons. The Morgan fingerprint density at radius 1 is 1.19 bits per heavy atom. The lowest BCUT2D eigenvalue weighted by Gasteiger charge is -2.19. The highest BCUT2D eigenvalue weighted by molar-refractivity contribution is 5.36. The molecule has 2 rings (SSSR count). The lowest BCUT2D eigenvalue weighted by molar-refractivity contribution is 0.340. The minimum atomic E-state index is 0.175. The maximum absolute atomic E-state index is 5.52. The number of nitrogens with zero attached hydrogens (tertiary/aromatic N) is 2. The summed E-state index contributed by atoms with van der Waals surface area (Å²) in [5.74, 6) is 0.915. The molecule has 1 heterocycles. The van der Waals surface area contributed by atoms with Gasteiger partial charge in [-0.2, -0.15) is 5.10 Å². The second-order valence-corrected chi connectivity index (χ2v) is 5.05. The molecule has 0 bridgehead atoms. The fourth-order valence-electron chi connectivity index (χ4n) is 2.60. The van der Waals surface area contributed by atoms with Gasteiger partial charge >= 0.3 is 0 Å². The standard InChI is InChI=1S/C17H25N3O/c1-5-16-15(12-20(4)19-16)17(18-6-2)13-8-10-14(11-9-13)21-7-3/h8-12,17-18H,5-7H2,1-4H3. The van der Waals surface area contributed by atoms with Gasteiger partial charge in [0, 0.05) is 18.8 Å². The number of ether oxygens (including phenoxy) is 1. The molecule has 1 N–H and O–H groups in total. The van der Waals surface area contributed by atoms with Crippen molar-refractivity contribution in [2.75, 3.05) is 13.2 Å². The van der Waals surface area contributed by atoms with E-state index in [-0.39, 0.29) is 6.04 Å². The molecule has 4 nitrogen and oxygen atoms in total. The van der Waals surface area contributed by atoms with Crippen molar-refractivity contribution in [2.24, 2.45) is 7.05 Å². The Morgan fingerprint density at radius 2 is 1.90 bits per heavy atom. The number of rotatable bonds is 7. The molecule has 0 fully saturated rings. The number of benzene rings is 1. The summed E-state index contributed by atoms with van der Waals surface area (Å²) in [5.41, 5.74) is 3.64. The smallest absolute Gasteiger partial charge is 0.119 e. The molecule has 0 spiro atoms. The van der Waals surface area contributed by atoms with Crippen molar-refractivity contribution in [1.82, 2.24) is 15.1 Å². The molecule has 21 heavy (non-hydrogen) atoms. The van der Waals surface area contributed by atoms with Gasteiger partial charge in [0.2, 0.25) is 0 Å². The van der Waals surface area contributed by atoms with E-state index in [9.17, 15) is 0 Å². The average Bonchev–Trinajstić information content (AvgIpc) is 2.87. The number of hydrogen-bond donors (Lipinski definition) is 1. The Hall–Kier alpha value is -1.81. The monoisotopic (exact) mass is 287 g/mol. The molecular weight excluding hydrogens is 262 g/mol. The minimum Gasteiger partial charge on any atom is -0.494 e. The van der Waals surface area contributed by atoms with Crippen molar-refractivity contribution < 1.29 is 4.74 Å². The summed E-state index contributed by atoms with van der Waals surface area (Å²) in [7, 11) is 1.98. The first-order valence-electron chi connectivity index (χ1n) is 7.68. The van der Waals surface area contributed by atoms with Crippen LogP contribution in [0.1, 0.15) is 43.6 Å². The van der Waals surface area contributed by atoms with Crippen molar-refractivity contribution in [3.8, 4) is 5.75 Å². The molecule has 0 aliphatic carbocycles. The van der Waals surface area contributed by atoms with Gasteiger partial charge < -0.3 is 10.1 Å². The number of nitrogens with one attached hydrogen (secondary N) is 1. The van der Waals surface area contributed by atoms with Crippen LogP contribution >= 0.6 is 0 Å². The highest BCUT2D eigenvalue weighted by Gasteiger charge is 2.18. The number of aryl methyl sites for hydroxylation is 2. The molecule has 0 aliphatic heterocycles. The highest BCUT2D eigenvalue weighted by Crippen LogP contribution is 2.26. The van der Waals surface area contributed by atoms with Crippen LogP contribution in [0.25, 0.3) is 0 Å². The second kappa shape index (κ2) is 7.27. The third kappa shape index (κ3) is 3.64. The molecule has 1 atom stereocenters. The quantitative estimate of drug-likeness (QED) is 0.850. The summed E-state index contributed by atoms with van der Waals surface area (Å²) in [6.07, 6.45) is 3.05. The van der Waals surface area contributed by atoms with Gasteiger partial charge in [-0.1, -0.05) is 26.0 Å². The summed E-state index contributed by atoms with van der Waals surface area (Å²) in [4.78, 5) is 0. The SMILES string of the molecule is CCNC(c1ccc(OCC)cc1)c1cn(C)nc1CC. The summed E-state index contributed by atoms with van der Waals surface area (Å²) in [6.45, 7) is 7.88. The minimum absolute atomic E-state index is 0.175. The number of hydrogen-bond acceptors (Lipinski definition) is 3. The molecule has 0 amide bonds. The van der Waals surface area contributed by atoms with Crippen LogP contribution in [-0.2, 0) is 13.5 Å². The van der Waals surface area contributed by atoms with Crippen LogP contribution in [0.3, 0.4) is 0 Å². The van der Waals surface area contributed by atoms with Crippen LogP contribution in [0.5, 0.6) is 5.75 Å². The van der Waals surface area contributed by atoms with Crippen LogP contribution in [0.15, 0.2) is 30.5 Å². The van der Waals surface area contributed by atoms with E-state index in [0.717, 1.165) is 24.4 Å². The van der Waals surface area contributed by atoms with Gasteiger partial charge in [0.15, 0.2) is 0 Å². The molecule has 1 aromatic heterocycles. The fraction of sp³-hybridized carbons (Fsp3) is 0.471. The van der Waals surface area contributed by atoms with E-state index in [0.29, 0.717) is 6.61 Å². The first-order valence-corrected chi connectivity index (χ1v) is 7.68. The molecule has 0 saturated heterocycles. The van der Waals surface area contributed by atoms with Crippen molar-refractivity contribution in [2.45, 2.75) is 33.2 Å². The van der Waals surface area contributed by atoms with E-state index < -0.39 is 0 Å². The Kier molecular flexibility index (Phi) is 5.39. The molecular formula is C17H25N3O. The van der Waals surface area contributed by atoms with E-state index in [1.54, 1.807) is 0 Å². The lowest BCUT2D eigenvalue weighted by atomic mass is 9.98. The zero-order chi connectivity index (χ0) is 15.2. The summed E-state index contributed by atoms with van der Waals surface area (Å²) in [5, 5.41) is 8.12. The third-order valence-corrected chi connectivity index (χ3v) is 3.52. The lowest BCUT2D eigenvalue weighted by Crippen LogP contribution is -2.22. The maximum Gasteiger partial charge on any atom is 0.119 e. The Balaban J connectivity index is 2.33. The van der Waals surface area contributed by atoms with Gasteiger partial charge in [0.05, 0.1) is 18.3 Å². The van der Waals surface area contributed by atoms with Gasteiger partial charge in [-0.05, 0) is 37.6 Å². The van der Waals surface area contributed by atoms with E-state index >= 15 is 0 Å². The van der Waals surface area contributed by atoms with Crippen LogP contribution in [0.4, 0.5) is 0 Å². The van der Waals surface area contributed by atoms with Crippen LogP contribution < -0.4 is 10.1 Å². The maximum atomic E-state index is 5.52. The van der Waals surface area contributed by atoms with Crippen LogP contribution in [0, 0.1) is 0 Å². The van der Waals surface area contributed by atoms with Crippen LogP contribution in [-0.4, -0.2) is 22.9 Å². The summed E-state index contributed by atoms with van der Waals surface area (Å²) in [6, 6.07) is 8.50. The van der Waals surface area contributed by atoms with E-state index in [4.69, 9.17) is 4.74 Å². The first-order chi connectivity index (χ1) is 10.2. The Bertz CT molecular complexity index is 560. The van der Waals surface area contributed by atoms with E-state index in [1.807, 2.05) is 30.8 Å². The van der Waals surface area contributed by atoms with Gasteiger partial charge in [0.25, 0.3) is 0 Å². The van der Waals surface area contributed by atoms with Gasteiger partial charge in [-0.15, -0.1) is 0 Å². The number of aromatic nitrogens is 2. The largest absolute Gasteiger partial charge is 0.494 e. The Morgan fingerprint density at radius 3 is 2.48 bits per heavy atom. The summed E-state index contributed by atoms with van der Waals surface area (Å²) < 4.78 is 7.41. The molecule has 4 heteroatoms. The molecule has 0 saturated carbocycles. The van der Waals surface area contributed by atoms with E-state index in [1.165, 1.54) is 11.1 Å². The van der Waals surface area contributed by atoms with Gasteiger partial charge in [-0.3, -0.25) is 4.68 Å². The average molecular weight is 287 g/mol. The molecule has 1 unspecified atom stereocenters. The van der Waals surface area contributed by atoms with Crippen molar-refractivity contribution in [3.63, 3.8) is 0 Å². The Labute approximate surface area is 127 Å². The predicted molar refractivity (Wildman–Crippen MR) is 85.7 cm³/mol. The normalized spacial score (nSPS) is 12.4. The molecule has 0 aliphatic rings. The second-order valence-electron chi connectivity index (χ2n) is 5.05. The van der Waals surface area contributed by atoms with Crippen molar-refractivity contribution in [3.05, 3.63) is 47.3 Å². The highest BCUT2D eigenvalue weighted by atomic mass is 16.5.